The molecule has 0 atom stereocenters. The summed E-state index contributed by atoms with van der Waals surface area (Å²) in [5.74, 6) is 7.11. The minimum absolute atomic E-state index is 0.487. The van der Waals surface area contributed by atoms with E-state index in [4.69, 9.17) is 5.84 Å². The van der Waals surface area contributed by atoms with Gasteiger partial charge in [0.05, 0.1) is 6.04 Å². The van der Waals surface area contributed by atoms with Crippen LogP contribution >= 0.6 is 0 Å². The van der Waals surface area contributed by atoms with Gasteiger partial charge in [-0.15, -0.1) is 0 Å². The maximum atomic E-state index is 5.47. The summed E-state index contributed by atoms with van der Waals surface area (Å²) in [7, 11) is 0. The molecule has 4 N–H and O–H groups in total. The molecule has 0 spiro atoms. The van der Waals surface area contributed by atoms with E-state index in [1.54, 1.807) is 0 Å². The Morgan fingerprint density at radius 1 is 1.27 bits per heavy atom. The fourth-order valence-electron chi connectivity index (χ4n) is 2.55. The van der Waals surface area contributed by atoms with E-state index in [1.165, 1.54) is 38.5 Å². The van der Waals surface area contributed by atoms with E-state index in [9.17, 15) is 0 Å². The summed E-state index contributed by atoms with van der Waals surface area (Å²) in [5.41, 5.74) is 2.68. The Morgan fingerprint density at radius 3 is 2.47 bits per heavy atom. The van der Waals surface area contributed by atoms with Gasteiger partial charge in [-0.1, -0.05) is 19.8 Å². The van der Waals surface area contributed by atoms with Gasteiger partial charge in [0.2, 0.25) is 5.96 Å². The molecule has 0 aliphatic heterocycles. The lowest BCUT2D eigenvalue weighted by molar-refractivity contribution is 0.266. The zero-order valence-corrected chi connectivity index (χ0v) is 9.50. The Morgan fingerprint density at radius 2 is 1.93 bits per heavy atom. The first kappa shape index (κ1) is 10.7. The van der Waals surface area contributed by atoms with Gasteiger partial charge in [-0.3, -0.25) is 5.43 Å². The molecule has 15 heavy (non-hydrogen) atoms. The summed E-state index contributed by atoms with van der Waals surface area (Å²) in [6.07, 6.45) is 7.54. The van der Waals surface area contributed by atoms with Crippen molar-refractivity contribution in [3.05, 3.63) is 0 Å². The molecule has 0 aromatic rings. The molecule has 2 rings (SSSR count). The number of guanidine groups is 1. The normalized spacial score (nSPS) is 32.5. The van der Waals surface area contributed by atoms with Gasteiger partial charge in [-0.2, -0.15) is 0 Å². The summed E-state index contributed by atoms with van der Waals surface area (Å²) in [5, 5.41) is 3.37. The molecule has 2 saturated carbocycles. The molecule has 0 bridgehead atoms. The van der Waals surface area contributed by atoms with Crippen molar-refractivity contribution in [3.8, 4) is 0 Å². The number of hydrazine groups is 1. The molecule has 0 unspecified atom stereocenters. The van der Waals surface area contributed by atoms with Crippen molar-refractivity contribution in [2.75, 3.05) is 0 Å². The highest BCUT2D eigenvalue weighted by atomic mass is 15.3. The van der Waals surface area contributed by atoms with Gasteiger partial charge in [-0.25, -0.2) is 10.8 Å². The first-order valence-electron chi connectivity index (χ1n) is 6.09. The van der Waals surface area contributed by atoms with Crippen LogP contribution in [-0.4, -0.2) is 18.0 Å². The second-order valence-corrected chi connectivity index (χ2v) is 4.98. The predicted molar refractivity (Wildman–Crippen MR) is 62.3 cm³/mol. The van der Waals surface area contributed by atoms with E-state index in [0.717, 1.165) is 11.9 Å². The maximum Gasteiger partial charge on any atom is 0.206 e. The Kier molecular flexibility index (Phi) is 3.46. The van der Waals surface area contributed by atoms with Gasteiger partial charge >= 0.3 is 0 Å². The highest BCUT2D eigenvalue weighted by Gasteiger charge is 2.26. The second-order valence-electron chi connectivity index (χ2n) is 4.98. The third-order valence-corrected chi connectivity index (χ3v) is 3.49. The summed E-state index contributed by atoms with van der Waals surface area (Å²) in [6.45, 7) is 2.28. The molecule has 0 aromatic carbocycles. The number of nitrogens with zero attached hydrogens (tertiary/aromatic N) is 1. The lowest BCUT2D eigenvalue weighted by atomic mass is 9.82. The number of nitrogens with one attached hydrogen (secondary N) is 2. The molecule has 4 nitrogen and oxygen atoms in total. The van der Waals surface area contributed by atoms with Crippen molar-refractivity contribution in [1.29, 1.82) is 0 Å². The van der Waals surface area contributed by atoms with Crippen LogP contribution in [0.3, 0.4) is 0 Å². The van der Waals surface area contributed by atoms with Crippen molar-refractivity contribution in [3.63, 3.8) is 0 Å². The fourth-order valence-corrected chi connectivity index (χ4v) is 2.55. The van der Waals surface area contributed by atoms with E-state index >= 15 is 0 Å². The third kappa shape index (κ3) is 2.84. The Labute approximate surface area is 91.7 Å². The molecule has 86 valence electrons. The van der Waals surface area contributed by atoms with E-state index in [-0.39, 0.29) is 0 Å². The number of rotatable bonds is 2. The average molecular weight is 210 g/mol. The number of hydrogen-bond acceptors (Lipinski definition) is 2. The van der Waals surface area contributed by atoms with Gasteiger partial charge in [0, 0.05) is 6.04 Å². The quantitative estimate of drug-likeness (QED) is 0.277. The van der Waals surface area contributed by atoms with Gasteiger partial charge in [0.15, 0.2) is 0 Å². The molecule has 0 aromatic heterocycles. The lowest BCUT2D eigenvalue weighted by Crippen LogP contribution is -2.51. The van der Waals surface area contributed by atoms with Crippen LogP contribution in [0.5, 0.6) is 0 Å². The van der Waals surface area contributed by atoms with Crippen molar-refractivity contribution in [2.24, 2.45) is 16.8 Å². The summed E-state index contributed by atoms with van der Waals surface area (Å²) in [6, 6.07) is 1.07. The largest absolute Gasteiger partial charge is 0.353 e. The van der Waals surface area contributed by atoms with Crippen molar-refractivity contribution in [2.45, 2.75) is 57.5 Å². The zero-order chi connectivity index (χ0) is 10.7. The number of aliphatic imine (C=N–C) groups is 1. The van der Waals surface area contributed by atoms with Crippen molar-refractivity contribution in [1.82, 2.24) is 10.7 Å². The van der Waals surface area contributed by atoms with E-state index < -0.39 is 0 Å². The van der Waals surface area contributed by atoms with Crippen LogP contribution in [0.4, 0.5) is 0 Å². The molecule has 2 fully saturated rings. The topological polar surface area (TPSA) is 62.4 Å². The highest BCUT2D eigenvalue weighted by Crippen LogP contribution is 2.26. The van der Waals surface area contributed by atoms with Gasteiger partial charge < -0.3 is 5.32 Å². The molecule has 0 saturated heterocycles. The molecule has 0 heterocycles. The van der Waals surface area contributed by atoms with Crippen LogP contribution in [0, 0.1) is 5.92 Å². The van der Waals surface area contributed by atoms with E-state index in [2.05, 4.69) is 22.7 Å². The number of hydrogen-bond donors (Lipinski definition) is 3. The molecule has 4 heteroatoms. The minimum atomic E-state index is 0.487. The smallest absolute Gasteiger partial charge is 0.206 e. The zero-order valence-electron chi connectivity index (χ0n) is 9.50. The SMILES string of the molecule is CC1CC(NC(=NC2CCCC2)NN)C1. The standard InChI is InChI=1S/C11H22N4/c1-8-6-10(7-8)14-11(15-12)13-9-4-2-3-5-9/h8-10H,2-7,12H2,1H3,(H2,13,14,15). The predicted octanol–water partition coefficient (Wildman–Crippen LogP) is 1.14. The molecule has 2 aliphatic carbocycles. The molecule has 0 amide bonds. The van der Waals surface area contributed by atoms with Crippen LogP contribution < -0.4 is 16.6 Å². The first-order chi connectivity index (χ1) is 7.28. The Bertz CT molecular complexity index is 227. The highest BCUT2D eigenvalue weighted by molar-refractivity contribution is 5.79. The molecule has 0 radical (unpaired) electrons. The van der Waals surface area contributed by atoms with Crippen LogP contribution in [0.2, 0.25) is 0 Å². The van der Waals surface area contributed by atoms with E-state index in [1.807, 2.05) is 0 Å². The monoisotopic (exact) mass is 210 g/mol. The summed E-state index contributed by atoms with van der Waals surface area (Å²) < 4.78 is 0. The molecule has 2 aliphatic rings. The number of nitrogens with two attached hydrogens (primary N) is 1. The second kappa shape index (κ2) is 4.84. The van der Waals surface area contributed by atoms with Crippen LogP contribution in [0.25, 0.3) is 0 Å². The van der Waals surface area contributed by atoms with E-state index in [0.29, 0.717) is 12.1 Å². The molecular formula is C11H22N4. The third-order valence-electron chi connectivity index (χ3n) is 3.49. The minimum Gasteiger partial charge on any atom is -0.353 e. The van der Waals surface area contributed by atoms with Gasteiger partial charge in [-0.05, 0) is 31.6 Å². The fraction of sp³-hybridized carbons (Fsp3) is 0.909. The van der Waals surface area contributed by atoms with Crippen LogP contribution in [0.1, 0.15) is 45.4 Å². The average Bonchev–Trinajstić information content (AvgIpc) is 2.66. The summed E-state index contributed by atoms with van der Waals surface area (Å²) in [4.78, 5) is 4.61. The van der Waals surface area contributed by atoms with Crippen LogP contribution in [-0.2, 0) is 0 Å². The lowest BCUT2D eigenvalue weighted by Gasteiger charge is -2.34. The summed E-state index contributed by atoms with van der Waals surface area (Å²) >= 11 is 0. The first-order valence-corrected chi connectivity index (χ1v) is 6.09. The molecular weight excluding hydrogens is 188 g/mol. The van der Waals surface area contributed by atoms with Gasteiger partial charge in [0.25, 0.3) is 0 Å². The Balaban J connectivity index is 1.80. The van der Waals surface area contributed by atoms with Crippen molar-refractivity contribution >= 4 is 5.96 Å². The maximum absolute atomic E-state index is 5.47. The van der Waals surface area contributed by atoms with Crippen LogP contribution in [0.15, 0.2) is 4.99 Å². The Hall–Kier alpha value is -0.770. The van der Waals surface area contributed by atoms with Crippen molar-refractivity contribution < 1.29 is 0 Å². The van der Waals surface area contributed by atoms with Gasteiger partial charge in [0.1, 0.15) is 0 Å².